The van der Waals surface area contributed by atoms with E-state index >= 15 is 0 Å². The van der Waals surface area contributed by atoms with Gasteiger partial charge in [0.25, 0.3) is 0 Å². The molecule has 0 saturated heterocycles. The lowest BCUT2D eigenvalue weighted by Crippen LogP contribution is -2.43. The number of benzene rings is 1. The highest BCUT2D eigenvalue weighted by Gasteiger charge is 2.39. The zero-order chi connectivity index (χ0) is 14.9. The molecule has 1 saturated carbocycles. The van der Waals surface area contributed by atoms with Gasteiger partial charge in [-0.25, -0.2) is 8.78 Å². The van der Waals surface area contributed by atoms with Crippen molar-refractivity contribution in [3.63, 3.8) is 0 Å². The molecule has 0 bridgehead atoms. The Hall–Kier alpha value is -0.810. The summed E-state index contributed by atoms with van der Waals surface area (Å²) in [4.78, 5) is 12.2. The zero-order valence-corrected chi connectivity index (χ0v) is 12.8. The maximum Gasteiger partial charge on any atom is 0.168 e. The normalized spacial score (nSPS) is 26.6. The van der Waals surface area contributed by atoms with Gasteiger partial charge in [0.2, 0.25) is 0 Å². The summed E-state index contributed by atoms with van der Waals surface area (Å²) in [7, 11) is 0. The smallest absolute Gasteiger partial charge is 0.168 e. The topological polar surface area (TPSA) is 37.3 Å². The minimum atomic E-state index is -1.44. The minimum absolute atomic E-state index is 0.117. The third-order valence-electron chi connectivity index (χ3n) is 4.10. The number of ketones is 1. The van der Waals surface area contributed by atoms with Crippen LogP contribution in [-0.2, 0) is 11.2 Å². The van der Waals surface area contributed by atoms with Gasteiger partial charge in [-0.3, -0.25) is 4.79 Å². The van der Waals surface area contributed by atoms with Crippen LogP contribution in [0, 0.1) is 17.6 Å². The molecule has 2 rings (SSSR count). The highest BCUT2D eigenvalue weighted by Crippen LogP contribution is 2.34. The second-order valence-corrected chi connectivity index (χ2v) is 6.49. The number of hydrogen-bond acceptors (Lipinski definition) is 2. The molecule has 0 aromatic heterocycles. The first-order valence-electron chi connectivity index (χ1n) is 6.71. The number of carbonyl (C=O) groups is 1. The molecule has 1 aliphatic rings. The van der Waals surface area contributed by atoms with Gasteiger partial charge in [-0.05, 0) is 59.7 Å². The molecule has 0 spiro atoms. The second kappa shape index (κ2) is 5.90. The van der Waals surface area contributed by atoms with Crippen LogP contribution in [-0.4, -0.2) is 16.5 Å². The van der Waals surface area contributed by atoms with Gasteiger partial charge >= 0.3 is 0 Å². The summed E-state index contributed by atoms with van der Waals surface area (Å²) in [5.74, 6) is -1.55. The van der Waals surface area contributed by atoms with E-state index < -0.39 is 29.4 Å². The van der Waals surface area contributed by atoms with Gasteiger partial charge in [0.1, 0.15) is 17.2 Å². The van der Waals surface area contributed by atoms with Crippen LogP contribution in [0.25, 0.3) is 0 Å². The van der Waals surface area contributed by atoms with Gasteiger partial charge in [-0.15, -0.1) is 0 Å². The van der Waals surface area contributed by atoms with E-state index in [4.69, 9.17) is 0 Å². The van der Waals surface area contributed by atoms with E-state index in [1.807, 2.05) is 0 Å². The van der Waals surface area contributed by atoms with Crippen LogP contribution in [0.2, 0.25) is 0 Å². The molecule has 2 nitrogen and oxygen atoms in total. The van der Waals surface area contributed by atoms with E-state index in [9.17, 15) is 18.7 Å². The van der Waals surface area contributed by atoms with Crippen molar-refractivity contribution < 1.29 is 18.7 Å². The maximum absolute atomic E-state index is 13.9. The number of aliphatic hydroxyl groups is 1. The van der Waals surface area contributed by atoms with Crippen molar-refractivity contribution in [3.05, 3.63) is 33.8 Å². The largest absolute Gasteiger partial charge is 0.382 e. The summed E-state index contributed by atoms with van der Waals surface area (Å²) < 4.78 is 27.6. The molecule has 1 aromatic carbocycles. The van der Waals surface area contributed by atoms with Crippen molar-refractivity contribution in [1.82, 2.24) is 0 Å². The van der Waals surface area contributed by atoms with Crippen LogP contribution in [0.3, 0.4) is 0 Å². The molecule has 0 unspecified atom stereocenters. The van der Waals surface area contributed by atoms with Crippen LogP contribution in [0.15, 0.2) is 16.6 Å². The van der Waals surface area contributed by atoms with Gasteiger partial charge in [-0.2, -0.15) is 0 Å². The fraction of sp³-hybridized carbons (Fsp3) is 0.533. The SMILES string of the molecule is CC1CCC(O)(C(=O)Cc2c(F)ccc(Br)c2F)CC1. The third-order valence-corrected chi connectivity index (χ3v) is 4.71. The molecule has 0 atom stereocenters. The standard InChI is InChI=1S/C15H17BrF2O2/c1-9-4-6-15(20,7-5-9)13(19)8-10-12(17)3-2-11(16)14(10)18/h2-3,9,20H,4-8H2,1H3. The molecule has 1 fully saturated rings. The lowest BCUT2D eigenvalue weighted by atomic mass is 9.76. The van der Waals surface area contributed by atoms with Crippen LogP contribution >= 0.6 is 15.9 Å². The molecule has 1 N–H and O–H groups in total. The lowest BCUT2D eigenvalue weighted by molar-refractivity contribution is -0.140. The highest BCUT2D eigenvalue weighted by atomic mass is 79.9. The number of rotatable bonds is 3. The molecular weight excluding hydrogens is 330 g/mol. The van der Waals surface area contributed by atoms with Crippen molar-refractivity contribution in [2.24, 2.45) is 5.92 Å². The monoisotopic (exact) mass is 346 g/mol. The Morgan fingerprint density at radius 2 is 2.00 bits per heavy atom. The van der Waals surface area contributed by atoms with Crippen molar-refractivity contribution in [2.75, 3.05) is 0 Å². The summed E-state index contributed by atoms with van der Waals surface area (Å²) in [6.07, 6.45) is 1.83. The van der Waals surface area contributed by atoms with E-state index in [0.29, 0.717) is 18.8 Å². The Morgan fingerprint density at radius 1 is 1.40 bits per heavy atom. The first-order valence-corrected chi connectivity index (χ1v) is 7.51. The molecule has 110 valence electrons. The molecule has 0 aliphatic heterocycles. The average Bonchev–Trinajstić information content (AvgIpc) is 2.42. The fourth-order valence-corrected chi connectivity index (χ4v) is 2.95. The Balaban J connectivity index is 2.18. The first-order chi connectivity index (χ1) is 9.33. The number of halogens is 3. The highest BCUT2D eigenvalue weighted by molar-refractivity contribution is 9.10. The van der Waals surface area contributed by atoms with Gasteiger partial charge in [-0.1, -0.05) is 6.92 Å². The lowest BCUT2D eigenvalue weighted by Gasteiger charge is -2.33. The summed E-state index contributed by atoms with van der Waals surface area (Å²) in [6.45, 7) is 2.07. The van der Waals surface area contributed by atoms with Crippen molar-refractivity contribution in [3.8, 4) is 0 Å². The maximum atomic E-state index is 13.9. The Morgan fingerprint density at radius 3 is 2.60 bits per heavy atom. The number of Topliss-reactive ketones (excluding diaryl/α,β-unsaturated/α-hetero) is 1. The fourth-order valence-electron chi connectivity index (χ4n) is 2.57. The predicted octanol–water partition coefficient (Wildman–Crippen LogP) is 3.78. The van der Waals surface area contributed by atoms with Crippen LogP contribution in [0.4, 0.5) is 8.78 Å². The Kier molecular flexibility index (Phi) is 4.59. The number of hydrogen-bond donors (Lipinski definition) is 1. The Bertz CT molecular complexity index is 523. The summed E-state index contributed by atoms with van der Waals surface area (Å²) in [5, 5.41) is 10.4. The van der Waals surface area contributed by atoms with Gasteiger partial charge in [0.15, 0.2) is 5.78 Å². The summed E-state index contributed by atoms with van der Waals surface area (Å²) >= 11 is 2.97. The molecule has 1 aromatic rings. The molecule has 5 heteroatoms. The van der Waals surface area contributed by atoms with E-state index in [0.717, 1.165) is 18.9 Å². The average molecular weight is 347 g/mol. The van der Waals surface area contributed by atoms with Crippen molar-refractivity contribution in [1.29, 1.82) is 0 Å². The first kappa shape index (κ1) is 15.6. The van der Waals surface area contributed by atoms with Crippen molar-refractivity contribution >= 4 is 21.7 Å². The van der Waals surface area contributed by atoms with Gasteiger partial charge in [0, 0.05) is 12.0 Å². The van der Waals surface area contributed by atoms with Gasteiger partial charge in [0.05, 0.1) is 4.47 Å². The summed E-state index contributed by atoms with van der Waals surface area (Å²) in [6, 6.07) is 2.37. The molecule has 0 radical (unpaired) electrons. The zero-order valence-electron chi connectivity index (χ0n) is 11.3. The van der Waals surface area contributed by atoms with Crippen LogP contribution < -0.4 is 0 Å². The van der Waals surface area contributed by atoms with E-state index in [1.54, 1.807) is 0 Å². The van der Waals surface area contributed by atoms with Crippen LogP contribution in [0.5, 0.6) is 0 Å². The molecular formula is C15H17BrF2O2. The molecule has 0 amide bonds. The van der Waals surface area contributed by atoms with Gasteiger partial charge < -0.3 is 5.11 Å². The molecule has 0 heterocycles. The minimum Gasteiger partial charge on any atom is -0.382 e. The second-order valence-electron chi connectivity index (χ2n) is 5.64. The van der Waals surface area contributed by atoms with E-state index in [-0.39, 0.29) is 10.0 Å². The molecule has 20 heavy (non-hydrogen) atoms. The van der Waals surface area contributed by atoms with Crippen LogP contribution in [0.1, 0.15) is 38.2 Å². The number of carbonyl (C=O) groups excluding carboxylic acids is 1. The Labute approximate surface area is 125 Å². The summed E-state index contributed by atoms with van der Waals surface area (Å²) in [5.41, 5.74) is -1.72. The van der Waals surface area contributed by atoms with Crippen molar-refractivity contribution in [2.45, 2.75) is 44.6 Å². The van der Waals surface area contributed by atoms with E-state index in [1.165, 1.54) is 6.07 Å². The molecule has 1 aliphatic carbocycles. The predicted molar refractivity (Wildman–Crippen MR) is 75.4 cm³/mol. The van der Waals surface area contributed by atoms with E-state index in [2.05, 4.69) is 22.9 Å². The third kappa shape index (κ3) is 3.09. The quantitative estimate of drug-likeness (QED) is 0.845.